The van der Waals surface area contributed by atoms with Crippen LogP contribution in [0.1, 0.15) is 25.7 Å². The molecule has 5 nitrogen and oxygen atoms in total. The van der Waals surface area contributed by atoms with Gasteiger partial charge in [-0.05, 0) is 48.6 Å². The standard InChI is InChI=1S/C13H20ClN5/c1-15-12-16-11(14)17-13(18-12)19(2)7-10-6-8-3-4-9(10)5-8/h8-10H,3-7H2,1-2H3,(H,15,16,17,18). The number of anilines is 2. The van der Waals surface area contributed by atoms with E-state index in [1.807, 2.05) is 7.05 Å². The van der Waals surface area contributed by atoms with E-state index in [-0.39, 0.29) is 5.28 Å². The molecule has 0 amide bonds. The summed E-state index contributed by atoms with van der Waals surface area (Å²) >= 11 is 5.92. The van der Waals surface area contributed by atoms with Gasteiger partial charge in [0.05, 0.1) is 0 Å². The predicted molar refractivity (Wildman–Crippen MR) is 76.6 cm³/mol. The lowest BCUT2D eigenvalue weighted by molar-refractivity contribution is 0.336. The maximum atomic E-state index is 5.92. The monoisotopic (exact) mass is 281 g/mol. The molecular formula is C13H20ClN5. The Kier molecular flexibility index (Phi) is 3.48. The first-order chi connectivity index (χ1) is 9.15. The number of rotatable bonds is 4. The van der Waals surface area contributed by atoms with Crippen molar-refractivity contribution in [2.75, 3.05) is 30.9 Å². The van der Waals surface area contributed by atoms with E-state index in [4.69, 9.17) is 11.6 Å². The molecule has 1 aromatic heterocycles. The van der Waals surface area contributed by atoms with Crippen LogP contribution in [0.25, 0.3) is 0 Å². The molecule has 0 aromatic carbocycles. The van der Waals surface area contributed by atoms with Crippen molar-refractivity contribution in [1.29, 1.82) is 0 Å². The Morgan fingerprint density at radius 1 is 1.26 bits per heavy atom. The summed E-state index contributed by atoms with van der Waals surface area (Å²) in [6, 6.07) is 0. The normalized spacial score (nSPS) is 28.7. The minimum atomic E-state index is 0.245. The summed E-state index contributed by atoms with van der Waals surface area (Å²) in [5.41, 5.74) is 0. The molecular weight excluding hydrogens is 262 g/mol. The fourth-order valence-corrected chi connectivity index (χ4v) is 3.81. The highest BCUT2D eigenvalue weighted by Gasteiger charge is 2.39. The number of nitrogens with one attached hydrogen (secondary N) is 1. The Bertz CT molecular complexity index is 466. The first-order valence-corrected chi connectivity index (χ1v) is 7.34. The van der Waals surface area contributed by atoms with Gasteiger partial charge in [0.25, 0.3) is 0 Å². The zero-order valence-corrected chi connectivity index (χ0v) is 12.2. The third kappa shape index (κ3) is 2.61. The summed E-state index contributed by atoms with van der Waals surface area (Å²) in [7, 11) is 3.82. The summed E-state index contributed by atoms with van der Waals surface area (Å²) in [4.78, 5) is 14.7. The second-order valence-corrected chi connectivity index (χ2v) is 6.13. The van der Waals surface area contributed by atoms with Crippen molar-refractivity contribution in [1.82, 2.24) is 15.0 Å². The molecule has 3 unspecified atom stereocenters. The lowest BCUT2D eigenvalue weighted by Gasteiger charge is -2.27. The molecule has 19 heavy (non-hydrogen) atoms. The maximum absolute atomic E-state index is 5.92. The summed E-state index contributed by atoms with van der Waals surface area (Å²) in [5, 5.41) is 3.15. The summed E-state index contributed by atoms with van der Waals surface area (Å²) in [5.74, 6) is 3.85. The van der Waals surface area contributed by atoms with Gasteiger partial charge < -0.3 is 10.2 Å². The largest absolute Gasteiger partial charge is 0.357 e. The van der Waals surface area contributed by atoms with Crippen molar-refractivity contribution < 1.29 is 0 Å². The van der Waals surface area contributed by atoms with E-state index in [0.717, 1.165) is 24.3 Å². The molecule has 6 heteroatoms. The quantitative estimate of drug-likeness (QED) is 0.919. The second-order valence-electron chi connectivity index (χ2n) is 5.79. The van der Waals surface area contributed by atoms with Crippen molar-refractivity contribution in [2.45, 2.75) is 25.7 Å². The van der Waals surface area contributed by atoms with Crippen molar-refractivity contribution in [3.05, 3.63) is 5.28 Å². The van der Waals surface area contributed by atoms with Gasteiger partial charge in [0, 0.05) is 20.6 Å². The third-order valence-corrected chi connectivity index (χ3v) is 4.72. The molecule has 2 saturated carbocycles. The van der Waals surface area contributed by atoms with Crippen LogP contribution in [0.15, 0.2) is 0 Å². The van der Waals surface area contributed by atoms with Gasteiger partial charge in [0.1, 0.15) is 0 Å². The van der Waals surface area contributed by atoms with E-state index in [1.165, 1.54) is 25.7 Å². The molecule has 1 N–H and O–H groups in total. The van der Waals surface area contributed by atoms with Crippen LogP contribution in [-0.2, 0) is 0 Å². The van der Waals surface area contributed by atoms with Gasteiger partial charge in [-0.3, -0.25) is 0 Å². The molecule has 3 atom stereocenters. The molecule has 3 rings (SSSR count). The van der Waals surface area contributed by atoms with Crippen molar-refractivity contribution in [3.63, 3.8) is 0 Å². The first-order valence-electron chi connectivity index (χ1n) is 6.96. The molecule has 1 heterocycles. The van der Waals surface area contributed by atoms with Gasteiger partial charge >= 0.3 is 0 Å². The lowest BCUT2D eigenvalue weighted by atomic mass is 9.88. The molecule has 0 spiro atoms. The van der Waals surface area contributed by atoms with Crippen molar-refractivity contribution in [2.24, 2.45) is 17.8 Å². The predicted octanol–water partition coefficient (Wildman–Crippen LogP) is 2.44. The fourth-order valence-electron chi connectivity index (χ4n) is 3.66. The molecule has 0 radical (unpaired) electrons. The molecule has 104 valence electrons. The van der Waals surface area contributed by atoms with Gasteiger partial charge in [0.2, 0.25) is 17.2 Å². The smallest absolute Gasteiger partial charge is 0.231 e. The molecule has 2 fully saturated rings. The summed E-state index contributed by atoms with van der Waals surface area (Å²) in [6.07, 6.45) is 5.64. The van der Waals surface area contributed by atoms with Gasteiger partial charge in [-0.1, -0.05) is 6.42 Å². The van der Waals surface area contributed by atoms with E-state index in [9.17, 15) is 0 Å². The SMILES string of the molecule is CNc1nc(Cl)nc(N(C)CC2CC3CCC2C3)n1. The van der Waals surface area contributed by atoms with Gasteiger partial charge in [-0.25, -0.2) is 0 Å². The second kappa shape index (κ2) is 5.12. The van der Waals surface area contributed by atoms with E-state index in [2.05, 4.69) is 25.2 Å². The van der Waals surface area contributed by atoms with Crippen LogP contribution in [0.3, 0.4) is 0 Å². The van der Waals surface area contributed by atoms with Crippen LogP contribution in [0.5, 0.6) is 0 Å². The Balaban J connectivity index is 1.70. The Morgan fingerprint density at radius 3 is 2.74 bits per heavy atom. The molecule has 0 saturated heterocycles. The highest BCUT2D eigenvalue weighted by Crippen LogP contribution is 2.48. The number of fused-ring (bicyclic) bond motifs is 2. The minimum Gasteiger partial charge on any atom is -0.357 e. The minimum absolute atomic E-state index is 0.245. The number of hydrogen-bond acceptors (Lipinski definition) is 5. The third-order valence-electron chi connectivity index (χ3n) is 4.55. The first kappa shape index (κ1) is 12.9. The summed E-state index contributed by atoms with van der Waals surface area (Å²) in [6.45, 7) is 1.02. The van der Waals surface area contributed by atoms with Crippen LogP contribution >= 0.6 is 11.6 Å². The number of aromatic nitrogens is 3. The molecule has 1 aromatic rings. The molecule has 2 aliphatic rings. The van der Waals surface area contributed by atoms with Crippen LogP contribution in [-0.4, -0.2) is 35.6 Å². The van der Waals surface area contributed by atoms with Crippen LogP contribution in [0.4, 0.5) is 11.9 Å². The number of hydrogen-bond donors (Lipinski definition) is 1. The highest BCUT2D eigenvalue weighted by molar-refractivity contribution is 6.28. The topological polar surface area (TPSA) is 53.9 Å². The zero-order valence-electron chi connectivity index (χ0n) is 11.4. The molecule has 2 aliphatic carbocycles. The molecule has 0 aliphatic heterocycles. The van der Waals surface area contributed by atoms with Gasteiger partial charge in [-0.15, -0.1) is 0 Å². The van der Waals surface area contributed by atoms with E-state index >= 15 is 0 Å². The van der Waals surface area contributed by atoms with Crippen LogP contribution in [0.2, 0.25) is 5.28 Å². The Morgan fingerprint density at radius 2 is 2.11 bits per heavy atom. The average molecular weight is 282 g/mol. The van der Waals surface area contributed by atoms with Gasteiger partial charge in [-0.2, -0.15) is 15.0 Å². The van der Waals surface area contributed by atoms with Crippen LogP contribution in [0, 0.1) is 17.8 Å². The zero-order chi connectivity index (χ0) is 13.4. The van der Waals surface area contributed by atoms with Crippen molar-refractivity contribution in [3.8, 4) is 0 Å². The highest BCUT2D eigenvalue weighted by atomic mass is 35.5. The van der Waals surface area contributed by atoms with Crippen molar-refractivity contribution >= 4 is 23.5 Å². The lowest BCUT2D eigenvalue weighted by Crippen LogP contribution is -2.30. The maximum Gasteiger partial charge on any atom is 0.231 e. The Labute approximate surface area is 118 Å². The molecule has 2 bridgehead atoms. The van der Waals surface area contributed by atoms with Gasteiger partial charge in [0.15, 0.2) is 0 Å². The Hall–Kier alpha value is -1.10. The van der Waals surface area contributed by atoms with E-state index in [1.54, 1.807) is 7.05 Å². The number of nitrogens with zero attached hydrogens (tertiary/aromatic N) is 4. The van der Waals surface area contributed by atoms with Crippen LogP contribution < -0.4 is 10.2 Å². The average Bonchev–Trinajstić information content (AvgIpc) is 3.00. The number of halogens is 1. The fraction of sp³-hybridized carbons (Fsp3) is 0.769. The van der Waals surface area contributed by atoms with E-state index < -0.39 is 0 Å². The summed E-state index contributed by atoms with van der Waals surface area (Å²) < 4.78 is 0. The van der Waals surface area contributed by atoms with E-state index in [0.29, 0.717) is 11.9 Å².